The maximum Gasteiger partial charge on any atom is 0.350 e. The van der Waals surface area contributed by atoms with E-state index in [4.69, 9.17) is 10.00 Å². The van der Waals surface area contributed by atoms with Crippen molar-refractivity contribution in [3.05, 3.63) is 36.0 Å². The van der Waals surface area contributed by atoms with Crippen molar-refractivity contribution in [1.82, 2.24) is 4.98 Å². The van der Waals surface area contributed by atoms with Crippen LogP contribution in [0.4, 0.5) is 5.13 Å². The number of esters is 1. The van der Waals surface area contributed by atoms with Gasteiger partial charge in [0.1, 0.15) is 6.07 Å². The van der Waals surface area contributed by atoms with Crippen LogP contribution in [0.3, 0.4) is 0 Å². The number of nitrogens with zero attached hydrogens (tertiary/aromatic N) is 2. The smallest absolute Gasteiger partial charge is 0.350 e. The lowest BCUT2D eigenvalue weighted by atomic mass is 10.3. The first-order chi connectivity index (χ1) is 9.24. The van der Waals surface area contributed by atoms with Gasteiger partial charge >= 0.3 is 5.97 Å². The number of anilines is 1. The molecule has 2 rings (SSSR count). The van der Waals surface area contributed by atoms with Crippen LogP contribution in [0.1, 0.15) is 6.92 Å². The number of hydrogen-bond donors (Lipinski definition) is 1. The Kier molecular flexibility index (Phi) is 4.11. The summed E-state index contributed by atoms with van der Waals surface area (Å²) < 4.78 is 5.79. The van der Waals surface area contributed by atoms with Crippen LogP contribution in [0, 0.1) is 11.3 Å². The van der Waals surface area contributed by atoms with Crippen LogP contribution in [0.15, 0.2) is 36.0 Å². The molecule has 0 bridgehead atoms. The highest BCUT2D eigenvalue weighted by molar-refractivity contribution is 7.22. The average Bonchev–Trinajstić information content (AvgIpc) is 2.82. The summed E-state index contributed by atoms with van der Waals surface area (Å²) in [5, 5.41) is 12.3. The third-order valence-corrected chi connectivity index (χ3v) is 3.22. The van der Waals surface area contributed by atoms with Crippen LogP contribution in [0.25, 0.3) is 10.2 Å². The molecule has 0 aliphatic heterocycles. The van der Waals surface area contributed by atoms with Gasteiger partial charge in [0.15, 0.2) is 10.7 Å². The Hall–Kier alpha value is -2.39. The van der Waals surface area contributed by atoms with Gasteiger partial charge in [-0.15, -0.1) is 0 Å². The predicted molar refractivity (Wildman–Crippen MR) is 73.6 cm³/mol. The largest absolute Gasteiger partial charge is 0.462 e. The van der Waals surface area contributed by atoms with Gasteiger partial charge in [0.25, 0.3) is 0 Å². The molecular weight excluding hydrogens is 262 g/mol. The zero-order valence-electron chi connectivity index (χ0n) is 10.2. The van der Waals surface area contributed by atoms with Crippen LogP contribution in [0.2, 0.25) is 0 Å². The zero-order valence-corrected chi connectivity index (χ0v) is 11.0. The lowest BCUT2D eigenvalue weighted by Crippen LogP contribution is -2.07. The first-order valence-electron chi connectivity index (χ1n) is 5.64. The molecular formula is C13H11N3O2S. The van der Waals surface area contributed by atoms with Gasteiger partial charge in [-0.1, -0.05) is 23.5 Å². The predicted octanol–water partition coefficient (Wildman–Crippen LogP) is 2.68. The average molecular weight is 273 g/mol. The molecule has 0 atom stereocenters. The van der Waals surface area contributed by atoms with E-state index in [1.54, 1.807) is 13.0 Å². The van der Waals surface area contributed by atoms with Gasteiger partial charge in [-0.05, 0) is 19.1 Å². The summed E-state index contributed by atoms with van der Waals surface area (Å²) in [7, 11) is 0. The molecule has 2 aromatic rings. The Balaban J connectivity index is 2.16. The Bertz CT molecular complexity index is 637. The number of thiazole rings is 1. The fourth-order valence-electron chi connectivity index (χ4n) is 1.41. The molecule has 1 aromatic heterocycles. The number of hydrogen-bond acceptors (Lipinski definition) is 6. The summed E-state index contributed by atoms with van der Waals surface area (Å²) in [4.78, 5) is 15.7. The fourth-order valence-corrected chi connectivity index (χ4v) is 2.25. The molecule has 0 aliphatic carbocycles. The van der Waals surface area contributed by atoms with Crippen LogP contribution >= 0.6 is 11.3 Å². The molecule has 1 N–H and O–H groups in total. The van der Waals surface area contributed by atoms with E-state index in [0.29, 0.717) is 5.13 Å². The Morgan fingerprint density at radius 3 is 3.05 bits per heavy atom. The first kappa shape index (κ1) is 13.1. The standard InChI is InChI=1S/C13H11N3O2S/c1-2-18-12(17)9(7-14)8-15-13-16-10-5-3-4-6-11(10)19-13/h3-6,8H,2H2,1H3,(H,15,16)/b9-8+. The minimum atomic E-state index is -0.640. The lowest BCUT2D eigenvalue weighted by molar-refractivity contribution is -0.138. The van der Waals surface area contributed by atoms with Crippen molar-refractivity contribution in [2.24, 2.45) is 0 Å². The first-order valence-corrected chi connectivity index (χ1v) is 6.45. The van der Waals surface area contributed by atoms with Crippen molar-refractivity contribution in [1.29, 1.82) is 5.26 Å². The molecule has 0 unspecified atom stereocenters. The van der Waals surface area contributed by atoms with Gasteiger partial charge in [-0.25, -0.2) is 9.78 Å². The van der Waals surface area contributed by atoms with E-state index in [0.717, 1.165) is 10.2 Å². The maximum atomic E-state index is 11.4. The number of benzene rings is 1. The van der Waals surface area contributed by atoms with E-state index in [1.807, 2.05) is 24.3 Å². The molecule has 1 aromatic carbocycles. The van der Waals surface area contributed by atoms with Gasteiger partial charge in [0.05, 0.1) is 16.8 Å². The number of carbonyl (C=O) groups is 1. The van der Waals surface area contributed by atoms with E-state index in [1.165, 1.54) is 17.5 Å². The molecule has 0 aliphatic rings. The van der Waals surface area contributed by atoms with E-state index < -0.39 is 5.97 Å². The number of nitriles is 1. The quantitative estimate of drug-likeness (QED) is 0.526. The summed E-state index contributed by atoms with van der Waals surface area (Å²) in [5.41, 5.74) is 0.791. The molecule has 5 nitrogen and oxygen atoms in total. The van der Waals surface area contributed by atoms with Crippen LogP contribution < -0.4 is 5.32 Å². The Labute approximate surface area is 114 Å². The van der Waals surface area contributed by atoms with Crippen LogP contribution in [-0.4, -0.2) is 17.6 Å². The number of para-hydroxylation sites is 1. The summed E-state index contributed by atoms with van der Waals surface area (Å²) in [6, 6.07) is 9.48. The normalized spacial score (nSPS) is 11.1. The van der Waals surface area contributed by atoms with Crippen molar-refractivity contribution in [2.45, 2.75) is 6.92 Å². The van der Waals surface area contributed by atoms with Gasteiger partial charge < -0.3 is 10.1 Å². The van der Waals surface area contributed by atoms with Gasteiger partial charge in [0.2, 0.25) is 0 Å². The van der Waals surface area contributed by atoms with E-state index >= 15 is 0 Å². The molecule has 19 heavy (non-hydrogen) atoms. The SMILES string of the molecule is CCOC(=O)/C(C#N)=C/Nc1nc2ccccc2s1. The van der Waals surface area contributed by atoms with Crippen LogP contribution in [-0.2, 0) is 9.53 Å². The summed E-state index contributed by atoms with van der Waals surface area (Å²) in [6.45, 7) is 1.92. The molecule has 0 spiro atoms. The number of carbonyl (C=O) groups excluding carboxylic acids is 1. The van der Waals surface area contributed by atoms with Crippen molar-refractivity contribution in [3.8, 4) is 6.07 Å². The third-order valence-electron chi connectivity index (χ3n) is 2.25. The van der Waals surface area contributed by atoms with E-state index in [9.17, 15) is 4.79 Å². The fraction of sp³-hybridized carbons (Fsp3) is 0.154. The number of ether oxygens (including phenoxy) is 1. The molecule has 96 valence electrons. The highest BCUT2D eigenvalue weighted by atomic mass is 32.1. The van der Waals surface area contributed by atoms with Crippen molar-refractivity contribution < 1.29 is 9.53 Å². The summed E-state index contributed by atoms with van der Waals surface area (Å²) in [5.74, 6) is -0.640. The molecule has 0 fully saturated rings. The third kappa shape index (κ3) is 3.09. The molecule has 0 radical (unpaired) electrons. The van der Waals surface area contributed by atoms with E-state index in [2.05, 4.69) is 10.3 Å². The Morgan fingerprint density at radius 2 is 2.37 bits per heavy atom. The second kappa shape index (κ2) is 5.98. The maximum absolute atomic E-state index is 11.4. The van der Waals surface area contributed by atoms with Gasteiger partial charge in [-0.2, -0.15) is 5.26 Å². The van der Waals surface area contributed by atoms with Crippen molar-refractivity contribution in [3.63, 3.8) is 0 Å². The van der Waals surface area contributed by atoms with Crippen LogP contribution in [0.5, 0.6) is 0 Å². The minimum absolute atomic E-state index is 0.0823. The second-order valence-electron chi connectivity index (χ2n) is 3.52. The molecule has 0 saturated heterocycles. The monoisotopic (exact) mass is 273 g/mol. The zero-order chi connectivity index (χ0) is 13.7. The van der Waals surface area contributed by atoms with Crippen molar-refractivity contribution >= 4 is 32.7 Å². The van der Waals surface area contributed by atoms with Gasteiger partial charge in [0, 0.05) is 6.20 Å². The topological polar surface area (TPSA) is 75.0 Å². The van der Waals surface area contributed by atoms with Gasteiger partial charge in [-0.3, -0.25) is 0 Å². The second-order valence-corrected chi connectivity index (χ2v) is 4.55. The summed E-state index contributed by atoms with van der Waals surface area (Å²) in [6.07, 6.45) is 1.32. The molecule has 0 saturated carbocycles. The van der Waals surface area contributed by atoms with Crippen molar-refractivity contribution in [2.75, 3.05) is 11.9 Å². The number of nitrogens with one attached hydrogen (secondary N) is 1. The molecule has 6 heteroatoms. The highest BCUT2D eigenvalue weighted by Gasteiger charge is 2.09. The number of aromatic nitrogens is 1. The highest BCUT2D eigenvalue weighted by Crippen LogP contribution is 2.25. The lowest BCUT2D eigenvalue weighted by Gasteiger charge is -1.99. The minimum Gasteiger partial charge on any atom is -0.462 e. The Morgan fingerprint density at radius 1 is 1.58 bits per heavy atom. The number of fused-ring (bicyclic) bond motifs is 1. The van der Waals surface area contributed by atoms with E-state index in [-0.39, 0.29) is 12.2 Å². The number of rotatable bonds is 4. The summed E-state index contributed by atoms with van der Waals surface area (Å²) >= 11 is 1.45. The molecule has 0 amide bonds. The molecule has 1 heterocycles.